The second-order valence-electron chi connectivity index (χ2n) is 9.02. The zero-order valence-corrected chi connectivity index (χ0v) is 20.6. The zero-order chi connectivity index (χ0) is 23.8. The monoisotopic (exact) mass is 463 g/mol. The van der Waals surface area contributed by atoms with Crippen molar-refractivity contribution in [3.05, 3.63) is 33.8 Å². The lowest BCUT2D eigenvalue weighted by atomic mass is 9.81. The number of ether oxygens (including phenoxy) is 1. The van der Waals surface area contributed by atoms with E-state index in [1.165, 1.54) is 0 Å². The minimum Gasteiger partial charge on any atom is -0.457 e. The van der Waals surface area contributed by atoms with Crippen LogP contribution >= 0.6 is 11.3 Å². The maximum Gasteiger partial charge on any atom is 0.309 e. The van der Waals surface area contributed by atoms with Gasteiger partial charge in [-0.3, -0.25) is 9.59 Å². The minimum absolute atomic E-state index is 0.0240. The number of thiazole rings is 1. The molecule has 0 saturated carbocycles. The molecule has 2 heterocycles. The van der Waals surface area contributed by atoms with Gasteiger partial charge in [0.2, 0.25) is 0 Å². The van der Waals surface area contributed by atoms with Crippen molar-refractivity contribution in [1.82, 2.24) is 4.98 Å². The smallest absolute Gasteiger partial charge is 0.309 e. The molecule has 7 heteroatoms. The first-order valence-electron chi connectivity index (χ1n) is 11.4. The predicted octanol–water partition coefficient (Wildman–Crippen LogP) is 4.49. The summed E-state index contributed by atoms with van der Waals surface area (Å²) in [6.45, 7) is 9.10. The van der Waals surface area contributed by atoms with Gasteiger partial charge in [0.1, 0.15) is 11.9 Å². The van der Waals surface area contributed by atoms with Crippen LogP contribution in [-0.2, 0) is 14.3 Å². The molecule has 2 rings (SSSR count). The van der Waals surface area contributed by atoms with E-state index in [9.17, 15) is 19.8 Å². The van der Waals surface area contributed by atoms with Gasteiger partial charge in [-0.15, -0.1) is 11.3 Å². The number of nitrogens with zero attached hydrogens (tertiary/aromatic N) is 1. The van der Waals surface area contributed by atoms with Crippen LogP contribution in [0, 0.1) is 24.7 Å². The van der Waals surface area contributed by atoms with Gasteiger partial charge in [-0.2, -0.15) is 0 Å². The number of carbonyl (C=O) groups excluding carboxylic acids is 2. The molecule has 1 aromatic heterocycles. The fourth-order valence-corrected chi connectivity index (χ4v) is 4.56. The first kappa shape index (κ1) is 26.4. The van der Waals surface area contributed by atoms with Gasteiger partial charge < -0.3 is 14.9 Å². The predicted molar refractivity (Wildman–Crippen MR) is 127 cm³/mol. The Labute approximate surface area is 195 Å². The van der Waals surface area contributed by atoms with Gasteiger partial charge in [-0.05, 0) is 50.7 Å². The maximum atomic E-state index is 12.8. The first-order chi connectivity index (χ1) is 15.1. The number of hydrogen-bond donors (Lipinski definition) is 2. The number of aliphatic hydroxyl groups is 2. The lowest BCUT2D eigenvalue weighted by molar-refractivity contribution is -0.151. The molecule has 0 aliphatic carbocycles. The summed E-state index contributed by atoms with van der Waals surface area (Å²) in [5, 5.41) is 24.0. The first-order valence-corrected chi connectivity index (χ1v) is 12.3. The van der Waals surface area contributed by atoms with Crippen molar-refractivity contribution in [1.29, 1.82) is 0 Å². The Bertz CT molecular complexity index is 830. The second-order valence-corrected chi connectivity index (χ2v) is 10.1. The molecule has 0 unspecified atom stereocenters. The van der Waals surface area contributed by atoms with E-state index < -0.39 is 36.1 Å². The van der Waals surface area contributed by atoms with Gasteiger partial charge in [0.05, 0.1) is 29.3 Å². The maximum absolute atomic E-state index is 12.8. The molecule has 2 N–H and O–H groups in total. The summed E-state index contributed by atoms with van der Waals surface area (Å²) in [7, 11) is 0. The standard InChI is InChI=1S/C25H37NO5S/c1-15-10-8-6-7-9-11-22(16(2)12-20-14-32-19(5)26-20)31-23(28)13-21(27)17(3)25(30)18(4)24(15)29/h7,9,12,14-15,17-18,21-22,24,27,29H,6,8,10-11,13H2,1-5H3/b9-7+,16-12+/t15-,17+,18+,21-,22-,24-/m0/s1. The molecule has 1 aliphatic rings. The number of carbonyl (C=O) groups is 2. The zero-order valence-electron chi connectivity index (χ0n) is 19.8. The van der Waals surface area contributed by atoms with Crippen LogP contribution in [0.15, 0.2) is 23.1 Å². The van der Waals surface area contributed by atoms with Crippen molar-refractivity contribution in [2.75, 3.05) is 0 Å². The number of Topliss-reactive ketones (excluding diaryl/α,β-unsaturated/α-hetero) is 1. The highest BCUT2D eigenvalue weighted by Gasteiger charge is 2.34. The van der Waals surface area contributed by atoms with E-state index in [-0.39, 0.29) is 18.1 Å². The summed E-state index contributed by atoms with van der Waals surface area (Å²) < 4.78 is 5.71. The van der Waals surface area contributed by atoms with Crippen molar-refractivity contribution >= 4 is 29.2 Å². The van der Waals surface area contributed by atoms with Crippen LogP contribution in [0.25, 0.3) is 6.08 Å². The molecule has 0 saturated heterocycles. The number of cyclic esters (lactones) is 1. The molecular formula is C25H37NO5S. The Morgan fingerprint density at radius 2 is 1.91 bits per heavy atom. The molecule has 1 aromatic rings. The van der Waals surface area contributed by atoms with Crippen LogP contribution in [0.3, 0.4) is 0 Å². The van der Waals surface area contributed by atoms with Crippen LogP contribution < -0.4 is 0 Å². The molecule has 0 amide bonds. The number of aromatic nitrogens is 1. The SMILES string of the molecule is C/C(=C\c1csc(C)n1)[C@@H]1C/C=C/CCC[C@H](C)[C@H](O)[C@@H](C)C(=O)[C@H](C)[C@@H](O)CC(=O)O1. The fourth-order valence-electron chi connectivity index (χ4n) is 3.99. The Hall–Kier alpha value is -1.83. The Kier molecular flexibility index (Phi) is 10.3. The van der Waals surface area contributed by atoms with Crippen LogP contribution in [-0.4, -0.2) is 45.3 Å². The van der Waals surface area contributed by atoms with Gasteiger partial charge >= 0.3 is 5.97 Å². The lowest BCUT2D eigenvalue weighted by Crippen LogP contribution is -2.39. The lowest BCUT2D eigenvalue weighted by Gasteiger charge is -2.28. The van der Waals surface area contributed by atoms with Gasteiger partial charge in [0, 0.05) is 23.6 Å². The molecule has 0 bridgehead atoms. The number of hydrogen-bond acceptors (Lipinski definition) is 7. The molecule has 0 fully saturated rings. The van der Waals surface area contributed by atoms with Crippen molar-refractivity contribution in [2.24, 2.45) is 17.8 Å². The summed E-state index contributed by atoms with van der Waals surface area (Å²) in [6.07, 6.45) is 6.41. The van der Waals surface area contributed by atoms with Crippen LogP contribution in [0.4, 0.5) is 0 Å². The van der Waals surface area contributed by atoms with Crippen molar-refractivity contribution in [2.45, 2.75) is 85.0 Å². The summed E-state index contributed by atoms with van der Waals surface area (Å²) >= 11 is 1.56. The fraction of sp³-hybridized carbons (Fsp3) is 0.640. The molecule has 0 aromatic carbocycles. The summed E-state index contributed by atoms with van der Waals surface area (Å²) in [5.74, 6) is -2.17. The van der Waals surface area contributed by atoms with Crippen LogP contribution in [0.1, 0.15) is 70.5 Å². The van der Waals surface area contributed by atoms with E-state index in [1.807, 2.05) is 38.3 Å². The Morgan fingerprint density at radius 3 is 2.56 bits per heavy atom. The van der Waals surface area contributed by atoms with E-state index in [0.29, 0.717) is 6.42 Å². The van der Waals surface area contributed by atoms with Crippen molar-refractivity contribution in [3.63, 3.8) is 0 Å². The average molecular weight is 464 g/mol. The van der Waals surface area contributed by atoms with Gasteiger partial charge in [-0.1, -0.05) is 32.9 Å². The van der Waals surface area contributed by atoms with Gasteiger partial charge in [0.15, 0.2) is 0 Å². The largest absolute Gasteiger partial charge is 0.457 e. The molecule has 0 radical (unpaired) electrons. The van der Waals surface area contributed by atoms with E-state index in [1.54, 1.807) is 25.2 Å². The summed E-state index contributed by atoms with van der Waals surface area (Å²) in [4.78, 5) is 29.8. The third-order valence-corrected chi connectivity index (χ3v) is 7.08. The molecule has 178 valence electrons. The second kappa shape index (κ2) is 12.4. The molecular weight excluding hydrogens is 426 g/mol. The average Bonchev–Trinajstić information content (AvgIpc) is 3.16. The van der Waals surface area contributed by atoms with Gasteiger partial charge in [-0.25, -0.2) is 4.98 Å². The van der Waals surface area contributed by atoms with E-state index in [4.69, 9.17) is 4.74 Å². The number of aliphatic hydroxyl groups excluding tert-OH is 2. The Morgan fingerprint density at radius 1 is 1.19 bits per heavy atom. The summed E-state index contributed by atoms with van der Waals surface area (Å²) in [6, 6.07) is 0. The number of allylic oxidation sites excluding steroid dienone is 1. The highest BCUT2D eigenvalue weighted by atomic mass is 32.1. The number of rotatable bonds is 2. The number of ketones is 1. The number of esters is 1. The topological polar surface area (TPSA) is 96.7 Å². The van der Waals surface area contributed by atoms with Crippen molar-refractivity contribution in [3.8, 4) is 0 Å². The minimum atomic E-state index is -1.16. The Balaban J connectivity index is 2.21. The molecule has 6 nitrogen and oxygen atoms in total. The third-order valence-electron chi connectivity index (χ3n) is 6.29. The van der Waals surface area contributed by atoms with E-state index >= 15 is 0 Å². The number of aryl methyl sites for hydroxylation is 1. The highest BCUT2D eigenvalue weighted by Crippen LogP contribution is 2.25. The third kappa shape index (κ3) is 7.64. The van der Waals surface area contributed by atoms with E-state index in [2.05, 4.69) is 11.1 Å². The van der Waals surface area contributed by atoms with Crippen LogP contribution in [0.5, 0.6) is 0 Å². The molecule has 6 atom stereocenters. The highest BCUT2D eigenvalue weighted by molar-refractivity contribution is 7.09. The summed E-state index contributed by atoms with van der Waals surface area (Å²) in [5.41, 5.74) is 1.70. The van der Waals surface area contributed by atoms with E-state index in [0.717, 1.165) is 35.5 Å². The molecule has 1 aliphatic heterocycles. The van der Waals surface area contributed by atoms with Crippen LogP contribution in [0.2, 0.25) is 0 Å². The molecule has 32 heavy (non-hydrogen) atoms. The van der Waals surface area contributed by atoms with Crippen molar-refractivity contribution < 1.29 is 24.5 Å². The molecule has 0 spiro atoms. The van der Waals surface area contributed by atoms with Gasteiger partial charge in [0.25, 0.3) is 0 Å². The quantitative estimate of drug-likeness (QED) is 0.496. The normalized spacial score (nSPS) is 33.0.